The summed E-state index contributed by atoms with van der Waals surface area (Å²) < 4.78 is 0. The maximum Gasteiger partial charge on any atom is 0.303 e. The number of nitrogens with one attached hydrogen (secondary N) is 1. The van der Waals surface area contributed by atoms with Crippen molar-refractivity contribution in [2.24, 2.45) is 23.7 Å². The second kappa shape index (κ2) is 6.39. The van der Waals surface area contributed by atoms with Gasteiger partial charge in [0.05, 0.1) is 0 Å². The van der Waals surface area contributed by atoms with Crippen LogP contribution in [0.25, 0.3) is 0 Å². The van der Waals surface area contributed by atoms with Crippen LogP contribution in [0.2, 0.25) is 0 Å². The van der Waals surface area contributed by atoms with Crippen LogP contribution in [0, 0.1) is 23.7 Å². The van der Waals surface area contributed by atoms with Crippen LogP contribution in [0.1, 0.15) is 47.0 Å². The first kappa shape index (κ1) is 14.5. The van der Waals surface area contributed by atoms with Crippen molar-refractivity contribution < 1.29 is 9.90 Å². The van der Waals surface area contributed by atoms with Crippen LogP contribution in [0.5, 0.6) is 0 Å². The summed E-state index contributed by atoms with van der Waals surface area (Å²) in [7, 11) is 0. The van der Waals surface area contributed by atoms with Crippen LogP contribution in [-0.4, -0.2) is 23.7 Å². The van der Waals surface area contributed by atoms with E-state index in [-0.39, 0.29) is 0 Å². The molecule has 4 atom stereocenters. The summed E-state index contributed by atoms with van der Waals surface area (Å²) in [6.45, 7) is 9.75. The molecule has 4 unspecified atom stereocenters. The lowest BCUT2D eigenvalue weighted by Crippen LogP contribution is -2.39. The second-order valence-electron chi connectivity index (χ2n) is 6.14. The van der Waals surface area contributed by atoms with Gasteiger partial charge in [0.2, 0.25) is 0 Å². The van der Waals surface area contributed by atoms with E-state index in [9.17, 15) is 4.79 Å². The molecule has 1 aliphatic carbocycles. The van der Waals surface area contributed by atoms with Crippen LogP contribution in [0.4, 0.5) is 0 Å². The fourth-order valence-corrected chi connectivity index (χ4v) is 3.25. The Morgan fingerprint density at radius 2 is 2.00 bits per heavy atom. The molecule has 0 aromatic carbocycles. The van der Waals surface area contributed by atoms with Gasteiger partial charge in [-0.05, 0) is 43.1 Å². The maximum atomic E-state index is 11.0. The topological polar surface area (TPSA) is 49.3 Å². The average Bonchev–Trinajstić information content (AvgIpc) is 2.18. The highest BCUT2D eigenvalue weighted by Gasteiger charge is 2.34. The van der Waals surface area contributed by atoms with Crippen molar-refractivity contribution in [1.29, 1.82) is 0 Å². The van der Waals surface area contributed by atoms with Gasteiger partial charge in [0.25, 0.3) is 0 Å². The van der Waals surface area contributed by atoms with Gasteiger partial charge in [-0.2, -0.15) is 0 Å². The van der Waals surface area contributed by atoms with Gasteiger partial charge in [-0.15, -0.1) is 0 Å². The average molecular weight is 241 g/mol. The van der Waals surface area contributed by atoms with Crippen molar-refractivity contribution in [3.8, 4) is 0 Å². The van der Waals surface area contributed by atoms with Gasteiger partial charge in [-0.3, -0.25) is 4.79 Å². The standard InChI is InChI=1S/C14H27NO2/c1-9(2)15-8-12-6-10(3)5-11(4)13(12)7-14(16)17/h9-13,15H,5-8H2,1-4H3,(H,16,17). The molecule has 0 radical (unpaired) electrons. The molecule has 3 heteroatoms. The minimum atomic E-state index is -0.647. The maximum absolute atomic E-state index is 11.0. The highest BCUT2D eigenvalue weighted by molar-refractivity contribution is 5.67. The summed E-state index contributed by atoms with van der Waals surface area (Å²) in [5.74, 6) is 1.48. The number of aliphatic carboxylic acids is 1. The van der Waals surface area contributed by atoms with Gasteiger partial charge >= 0.3 is 5.97 Å². The molecule has 0 amide bonds. The lowest BCUT2D eigenvalue weighted by molar-refractivity contribution is -0.139. The number of rotatable bonds is 5. The van der Waals surface area contributed by atoms with Crippen molar-refractivity contribution >= 4 is 5.97 Å². The zero-order valence-electron chi connectivity index (χ0n) is 11.6. The van der Waals surface area contributed by atoms with Crippen LogP contribution in [0.3, 0.4) is 0 Å². The predicted molar refractivity (Wildman–Crippen MR) is 69.9 cm³/mol. The van der Waals surface area contributed by atoms with Crippen LogP contribution >= 0.6 is 0 Å². The quantitative estimate of drug-likeness (QED) is 0.778. The fourth-order valence-electron chi connectivity index (χ4n) is 3.25. The minimum Gasteiger partial charge on any atom is -0.481 e. The number of carboxylic acid groups (broad SMARTS) is 1. The Morgan fingerprint density at radius 3 is 2.53 bits per heavy atom. The summed E-state index contributed by atoms with van der Waals surface area (Å²) in [5, 5.41) is 12.5. The molecule has 0 bridgehead atoms. The number of hydrogen-bond donors (Lipinski definition) is 2. The first-order valence-electron chi connectivity index (χ1n) is 6.85. The molecule has 1 saturated carbocycles. The first-order valence-corrected chi connectivity index (χ1v) is 6.85. The highest BCUT2D eigenvalue weighted by Crippen LogP contribution is 2.39. The fraction of sp³-hybridized carbons (Fsp3) is 0.929. The molecule has 1 fully saturated rings. The van der Waals surface area contributed by atoms with Crippen molar-refractivity contribution in [2.75, 3.05) is 6.54 Å². The molecule has 0 saturated heterocycles. The zero-order chi connectivity index (χ0) is 13.0. The molecular weight excluding hydrogens is 214 g/mol. The van der Waals surface area contributed by atoms with Gasteiger partial charge < -0.3 is 10.4 Å². The van der Waals surface area contributed by atoms with E-state index in [0.717, 1.165) is 12.5 Å². The van der Waals surface area contributed by atoms with E-state index in [0.29, 0.717) is 30.2 Å². The third kappa shape index (κ3) is 4.66. The molecule has 17 heavy (non-hydrogen) atoms. The Morgan fingerprint density at radius 1 is 1.35 bits per heavy atom. The number of carboxylic acids is 1. The van der Waals surface area contributed by atoms with Crippen LogP contribution in [0.15, 0.2) is 0 Å². The Bertz CT molecular complexity index is 253. The van der Waals surface area contributed by atoms with Crippen molar-refractivity contribution in [3.05, 3.63) is 0 Å². The molecule has 0 aromatic rings. The Kier molecular flexibility index (Phi) is 5.44. The number of carbonyl (C=O) groups is 1. The second-order valence-corrected chi connectivity index (χ2v) is 6.14. The van der Waals surface area contributed by atoms with Gasteiger partial charge in [0.15, 0.2) is 0 Å². The minimum absolute atomic E-state index is 0.332. The smallest absolute Gasteiger partial charge is 0.303 e. The van der Waals surface area contributed by atoms with E-state index >= 15 is 0 Å². The monoisotopic (exact) mass is 241 g/mol. The summed E-state index contributed by atoms with van der Waals surface area (Å²) >= 11 is 0. The zero-order valence-corrected chi connectivity index (χ0v) is 11.6. The molecule has 0 spiro atoms. The number of hydrogen-bond acceptors (Lipinski definition) is 2. The summed E-state index contributed by atoms with van der Waals surface area (Å²) in [6.07, 6.45) is 2.68. The summed E-state index contributed by atoms with van der Waals surface area (Å²) in [4.78, 5) is 11.0. The van der Waals surface area contributed by atoms with E-state index in [1.807, 2.05) is 0 Å². The molecule has 3 nitrogen and oxygen atoms in total. The lowest BCUT2D eigenvalue weighted by Gasteiger charge is -2.39. The van der Waals surface area contributed by atoms with Crippen molar-refractivity contribution in [3.63, 3.8) is 0 Å². The molecule has 0 aliphatic heterocycles. The molecule has 2 N–H and O–H groups in total. The van der Waals surface area contributed by atoms with Crippen molar-refractivity contribution in [1.82, 2.24) is 5.32 Å². The van der Waals surface area contributed by atoms with E-state index in [1.54, 1.807) is 0 Å². The normalized spacial score (nSPS) is 33.9. The SMILES string of the molecule is CC1CC(C)C(CC(=O)O)C(CNC(C)C)C1. The van der Waals surface area contributed by atoms with Gasteiger partial charge in [-0.1, -0.05) is 27.7 Å². The molecule has 0 heterocycles. The van der Waals surface area contributed by atoms with Gasteiger partial charge in [0.1, 0.15) is 0 Å². The third-order valence-corrected chi connectivity index (χ3v) is 4.01. The Hall–Kier alpha value is -0.570. The van der Waals surface area contributed by atoms with E-state index in [4.69, 9.17) is 5.11 Å². The van der Waals surface area contributed by atoms with E-state index in [2.05, 4.69) is 33.0 Å². The molecule has 0 aromatic heterocycles. The molecule has 100 valence electrons. The van der Waals surface area contributed by atoms with E-state index < -0.39 is 5.97 Å². The summed E-state index contributed by atoms with van der Waals surface area (Å²) in [6, 6.07) is 0.480. The van der Waals surface area contributed by atoms with E-state index in [1.165, 1.54) is 12.8 Å². The lowest BCUT2D eigenvalue weighted by atomic mass is 9.67. The largest absolute Gasteiger partial charge is 0.481 e. The van der Waals surface area contributed by atoms with Gasteiger partial charge in [0, 0.05) is 12.5 Å². The highest BCUT2D eigenvalue weighted by atomic mass is 16.4. The molecular formula is C14H27NO2. The predicted octanol–water partition coefficient (Wildman–Crippen LogP) is 2.76. The first-order chi connectivity index (χ1) is 7.90. The van der Waals surface area contributed by atoms with Gasteiger partial charge in [-0.25, -0.2) is 0 Å². The van der Waals surface area contributed by atoms with Crippen molar-refractivity contribution in [2.45, 2.75) is 53.0 Å². The van der Waals surface area contributed by atoms with Crippen LogP contribution < -0.4 is 5.32 Å². The molecule has 1 aliphatic rings. The Labute approximate surface area is 105 Å². The van der Waals surface area contributed by atoms with Crippen LogP contribution in [-0.2, 0) is 4.79 Å². The Balaban J connectivity index is 2.61. The third-order valence-electron chi connectivity index (χ3n) is 4.01. The molecule has 1 rings (SSSR count). The summed E-state index contributed by atoms with van der Waals surface area (Å²) in [5.41, 5.74) is 0.